The van der Waals surface area contributed by atoms with E-state index in [0.717, 1.165) is 4.88 Å². The van der Waals surface area contributed by atoms with Crippen LogP contribution in [0.5, 0.6) is 0 Å². The SMILES string of the molecule is C[C@@H](NCC1CC(F)(F)C(=O)O1)c1cccs1. The molecule has 0 aliphatic carbocycles. The quantitative estimate of drug-likeness (QED) is 0.845. The van der Waals surface area contributed by atoms with Gasteiger partial charge < -0.3 is 10.1 Å². The summed E-state index contributed by atoms with van der Waals surface area (Å²) in [6.07, 6.45) is -1.27. The third-order valence-corrected chi connectivity index (χ3v) is 3.73. The Morgan fingerprint density at radius 2 is 2.47 bits per heavy atom. The van der Waals surface area contributed by atoms with E-state index in [-0.39, 0.29) is 12.6 Å². The van der Waals surface area contributed by atoms with Crippen molar-refractivity contribution < 1.29 is 18.3 Å². The van der Waals surface area contributed by atoms with Crippen molar-refractivity contribution in [2.45, 2.75) is 31.4 Å². The number of hydrogen-bond donors (Lipinski definition) is 1. The van der Waals surface area contributed by atoms with Crippen molar-refractivity contribution >= 4 is 17.3 Å². The van der Waals surface area contributed by atoms with Gasteiger partial charge in [0, 0.05) is 17.5 Å². The molecule has 6 heteroatoms. The van der Waals surface area contributed by atoms with Crippen molar-refractivity contribution in [2.75, 3.05) is 6.54 Å². The number of ether oxygens (including phenoxy) is 1. The molecule has 0 spiro atoms. The van der Waals surface area contributed by atoms with Crippen molar-refractivity contribution in [3.63, 3.8) is 0 Å². The zero-order chi connectivity index (χ0) is 12.5. The van der Waals surface area contributed by atoms with Crippen LogP contribution in [0.2, 0.25) is 0 Å². The van der Waals surface area contributed by atoms with Gasteiger partial charge >= 0.3 is 11.9 Å². The van der Waals surface area contributed by atoms with Gasteiger partial charge in [-0.1, -0.05) is 6.07 Å². The Morgan fingerprint density at radius 1 is 1.71 bits per heavy atom. The second-order valence-corrected chi connectivity index (χ2v) is 5.06. The summed E-state index contributed by atoms with van der Waals surface area (Å²) in [5, 5.41) is 5.04. The van der Waals surface area contributed by atoms with E-state index in [1.165, 1.54) is 0 Å². The molecule has 1 fully saturated rings. The van der Waals surface area contributed by atoms with Crippen molar-refractivity contribution in [3.8, 4) is 0 Å². The molecule has 2 atom stereocenters. The first-order chi connectivity index (χ1) is 7.99. The number of halogens is 2. The first kappa shape index (κ1) is 12.4. The first-order valence-corrected chi connectivity index (χ1v) is 6.23. The van der Waals surface area contributed by atoms with Gasteiger partial charge in [0.25, 0.3) is 0 Å². The summed E-state index contributed by atoms with van der Waals surface area (Å²) >= 11 is 1.60. The summed E-state index contributed by atoms with van der Waals surface area (Å²) < 4.78 is 30.4. The smallest absolute Gasteiger partial charge is 0.377 e. The molecule has 17 heavy (non-hydrogen) atoms. The number of cyclic esters (lactones) is 1. The van der Waals surface area contributed by atoms with Gasteiger partial charge in [-0.25, -0.2) is 4.79 Å². The summed E-state index contributed by atoms with van der Waals surface area (Å²) in [5.74, 6) is -4.73. The first-order valence-electron chi connectivity index (χ1n) is 5.35. The molecule has 1 aromatic rings. The van der Waals surface area contributed by atoms with E-state index in [9.17, 15) is 13.6 Å². The lowest BCUT2D eigenvalue weighted by molar-refractivity contribution is -0.159. The Bertz CT molecular complexity index is 394. The van der Waals surface area contributed by atoms with E-state index in [1.54, 1.807) is 11.3 Å². The van der Waals surface area contributed by atoms with Crippen LogP contribution in [0, 0.1) is 0 Å². The minimum absolute atomic E-state index is 0.0722. The molecule has 2 heterocycles. The summed E-state index contributed by atoms with van der Waals surface area (Å²) in [4.78, 5) is 11.9. The van der Waals surface area contributed by atoms with E-state index in [2.05, 4.69) is 10.1 Å². The Balaban J connectivity index is 1.82. The summed E-state index contributed by atoms with van der Waals surface area (Å²) in [7, 11) is 0. The number of alkyl halides is 2. The van der Waals surface area contributed by atoms with Crippen LogP contribution in [0.25, 0.3) is 0 Å². The van der Waals surface area contributed by atoms with E-state index >= 15 is 0 Å². The molecule has 2 rings (SSSR count). The largest absolute Gasteiger partial charge is 0.456 e. The molecule has 3 nitrogen and oxygen atoms in total. The summed E-state index contributed by atoms with van der Waals surface area (Å²) in [6, 6.07) is 3.97. The third-order valence-electron chi connectivity index (χ3n) is 2.68. The maximum absolute atomic E-state index is 12.9. The van der Waals surface area contributed by atoms with Crippen LogP contribution in [0.1, 0.15) is 24.3 Å². The molecule has 94 valence electrons. The minimum atomic E-state index is -3.32. The molecule has 1 N–H and O–H groups in total. The van der Waals surface area contributed by atoms with E-state index in [0.29, 0.717) is 0 Å². The molecule has 0 aromatic carbocycles. The highest BCUT2D eigenvalue weighted by Gasteiger charge is 2.50. The Hall–Kier alpha value is -1.01. The fraction of sp³-hybridized carbons (Fsp3) is 0.545. The zero-order valence-electron chi connectivity index (χ0n) is 9.28. The number of nitrogens with one attached hydrogen (secondary N) is 1. The van der Waals surface area contributed by atoms with Gasteiger partial charge in [-0.15, -0.1) is 11.3 Å². The van der Waals surface area contributed by atoms with Gasteiger partial charge in [0.2, 0.25) is 0 Å². The monoisotopic (exact) mass is 261 g/mol. The molecule has 1 aromatic heterocycles. The number of hydrogen-bond acceptors (Lipinski definition) is 4. The molecule has 1 aliphatic rings. The predicted molar refractivity (Wildman–Crippen MR) is 60.2 cm³/mol. The van der Waals surface area contributed by atoms with E-state index in [1.807, 2.05) is 24.4 Å². The molecule has 1 unspecified atom stereocenters. The number of thiophene rings is 1. The lowest BCUT2D eigenvalue weighted by Crippen LogP contribution is -2.29. The van der Waals surface area contributed by atoms with Crippen LogP contribution in [-0.4, -0.2) is 24.5 Å². The summed E-state index contributed by atoms with van der Waals surface area (Å²) in [6.45, 7) is 2.20. The molecular formula is C11H13F2NO2S. The molecule has 0 bridgehead atoms. The molecule has 0 radical (unpaired) electrons. The van der Waals surface area contributed by atoms with Crippen molar-refractivity contribution in [1.29, 1.82) is 0 Å². The van der Waals surface area contributed by atoms with Crippen molar-refractivity contribution in [1.82, 2.24) is 5.32 Å². The van der Waals surface area contributed by atoms with Crippen LogP contribution in [0.3, 0.4) is 0 Å². The molecule has 0 amide bonds. The van der Waals surface area contributed by atoms with Crippen molar-refractivity contribution in [3.05, 3.63) is 22.4 Å². The topological polar surface area (TPSA) is 38.3 Å². The molecule has 1 saturated heterocycles. The van der Waals surface area contributed by atoms with Crippen LogP contribution >= 0.6 is 11.3 Å². The van der Waals surface area contributed by atoms with Gasteiger partial charge in [-0.2, -0.15) is 8.78 Å². The van der Waals surface area contributed by atoms with Gasteiger partial charge in [0.1, 0.15) is 6.10 Å². The second kappa shape index (κ2) is 4.70. The van der Waals surface area contributed by atoms with Crippen LogP contribution in [0.15, 0.2) is 17.5 Å². The van der Waals surface area contributed by atoms with Gasteiger partial charge in [-0.05, 0) is 18.4 Å². The predicted octanol–water partition coefficient (Wildman–Crippen LogP) is 2.35. The highest BCUT2D eigenvalue weighted by atomic mass is 32.1. The zero-order valence-corrected chi connectivity index (χ0v) is 10.1. The minimum Gasteiger partial charge on any atom is -0.456 e. The highest BCUT2D eigenvalue weighted by Crippen LogP contribution is 2.30. The lowest BCUT2D eigenvalue weighted by atomic mass is 10.2. The van der Waals surface area contributed by atoms with Gasteiger partial charge in [-0.3, -0.25) is 0 Å². The highest BCUT2D eigenvalue weighted by molar-refractivity contribution is 7.10. The van der Waals surface area contributed by atoms with Gasteiger partial charge in [0.15, 0.2) is 0 Å². The average Bonchev–Trinajstić information content (AvgIpc) is 2.85. The van der Waals surface area contributed by atoms with E-state index < -0.39 is 24.4 Å². The molecule has 1 aliphatic heterocycles. The fourth-order valence-corrected chi connectivity index (χ4v) is 2.47. The van der Waals surface area contributed by atoms with Crippen LogP contribution in [-0.2, 0) is 9.53 Å². The second-order valence-electron chi connectivity index (χ2n) is 4.08. The number of rotatable bonds is 4. The van der Waals surface area contributed by atoms with Crippen LogP contribution in [0.4, 0.5) is 8.78 Å². The average molecular weight is 261 g/mol. The Labute approximate surface area is 102 Å². The van der Waals surface area contributed by atoms with Gasteiger partial charge in [0.05, 0.1) is 6.42 Å². The third kappa shape index (κ3) is 2.81. The normalized spacial score (nSPS) is 24.6. The van der Waals surface area contributed by atoms with Crippen molar-refractivity contribution in [2.24, 2.45) is 0 Å². The molecule has 0 saturated carbocycles. The maximum atomic E-state index is 12.9. The lowest BCUT2D eigenvalue weighted by Gasteiger charge is -2.15. The number of carbonyl (C=O) groups excluding carboxylic acids is 1. The fourth-order valence-electron chi connectivity index (χ4n) is 1.71. The standard InChI is InChI=1S/C11H13F2NO2S/c1-7(9-3-2-4-17-9)14-6-8-5-11(12,13)10(15)16-8/h2-4,7-8,14H,5-6H2,1H3/t7-,8?/m1/s1. The number of esters is 1. The van der Waals surface area contributed by atoms with Crippen LogP contribution < -0.4 is 5.32 Å². The Morgan fingerprint density at radius 3 is 3.00 bits per heavy atom. The maximum Gasteiger partial charge on any atom is 0.377 e. The molecular weight excluding hydrogens is 248 g/mol. The Kier molecular flexibility index (Phi) is 3.44. The summed E-state index contributed by atoms with van der Waals surface area (Å²) in [5.41, 5.74) is 0. The number of carbonyl (C=O) groups is 1. The van der Waals surface area contributed by atoms with E-state index in [4.69, 9.17) is 0 Å².